The van der Waals surface area contributed by atoms with Crippen LogP contribution in [0.25, 0.3) is 0 Å². The second-order valence-electron chi connectivity index (χ2n) is 2.56. The van der Waals surface area contributed by atoms with Gasteiger partial charge in [0, 0.05) is 17.7 Å². The third kappa shape index (κ3) is 6.51. The van der Waals surface area contributed by atoms with Gasteiger partial charge >= 0.3 is 0 Å². The second kappa shape index (κ2) is 12.4. The monoisotopic (exact) mass is 237 g/mol. The third-order valence-corrected chi connectivity index (χ3v) is 1.67. The van der Waals surface area contributed by atoms with Gasteiger partial charge in [-0.3, -0.25) is 9.59 Å². The van der Waals surface area contributed by atoms with Crippen LogP contribution in [-0.2, 0) is 0 Å². The summed E-state index contributed by atoms with van der Waals surface area (Å²) < 4.78 is 0. The van der Waals surface area contributed by atoms with Crippen molar-refractivity contribution in [2.45, 2.75) is 34.6 Å². The Balaban J connectivity index is 0. The highest BCUT2D eigenvalue weighted by atomic mass is 16.1. The lowest BCUT2D eigenvalue weighted by Crippen LogP contribution is -2.23. The molecule has 0 atom stereocenters. The van der Waals surface area contributed by atoms with Crippen LogP contribution in [-0.4, -0.2) is 18.7 Å². The lowest BCUT2D eigenvalue weighted by Gasteiger charge is -2.03. The van der Waals surface area contributed by atoms with E-state index in [0.29, 0.717) is 24.0 Å². The van der Waals surface area contributed by atoms with Crippen LogP contribution in [0.3, 0.4) is 0 Å². The Labute approximate surface area is 104 Å². The van der Waals surface area contributed by atoms with Crippen LogP contribution >= 0.6 is 0 Å². The summed E-state index contributed by atoms with van der Waals surface area (Å²) in [6.07, 6.45) is 0.685. The van der Waals surface area contributed by atoms with Gasteiger partial charge in [-0.15, -0.1) is 0 Å². The van der Waals surface area contributed by atoms with Gasteiger partial charge in [0.05, 0.1) is 0 Å². The highest BCUT2D eigenvalue weighted by Gasteiger charge is 2.07. The Morgan fingerprint density at radius 1 is 1.18 bits per heavy atom. The van der Waals surface area contributed by atoms with Crippen LogP contribution < -0.4 is 5.32 Å². The quantitative estimate of drug-likeness (QED) is 0.820. The van der Waals surface area contributed by atoms with E-state index in [1.807, 2.05) is 34.6 Å². The van der Waals surface area contributed by atoms with Gasteiger partial charge in [-0.05, 0) is 13.0 Å². The van der Waals surface area contributed by atoms with Crippen LogP contribution in [0.1, 0.15) is 55.3 Å². The fourth-order valence-corrected chi connectivity index (χ4v) is 1.06. The van der Waals surface area contributed by atoms with Crippen molar-refractivity contribution < 1.29 is 9.59 Å². The molecule has 0 aliphatic rings. The van der Waals surface area contributed by atoms with E-state index >= 15 is 0 Å². The van der Waals surface area contributed by atoms with Gasteiger partial charge in [0.15, 0.2) is 6.29 Å². The average Bonchev–Trinajstić information content (AvgIpc) is 2.43. The predicted molar refractivity (Wildman–Crippen MR) is 72.5 cm³/mol. The molecule has 96 valence electrons. The van der Waals surface area contributed by atoms with E-state index in [1.165, 1.54) is 0 Å². The molecule has 1 rings (SSSR count). The molecule has 0 radical (unpaired) electrons. The first-order valence-corrected chi connectivity index (χ1v) is 6.12. The van der Waals surface area contributed by atoms with Crippen molar-refractivity contribution in [1.29, 1.82) is 0 Å². The smallest absolute Gasteiger partial charge is 0.251 e. The van der Waals surface area contributed by atoms with Crippen molar-refractivity contribution in [3.05, 3.63) is 35.4 Å². The third-order valence-electron chi connectivity index (χ3n) is 1.67. The van der Waals surface area contributed by atoms with Crippen molar-refractivity contribution in [2.24, 2.45) is 0 Å². The molecule has 0 spiro atoms. The number of benzene rings is 1. The first-order chi connectivity index (χ1) is 8.29. The van der Waals surface area contributed by atoms with E-state index in [0.717, 1.165) is 0 Å². The van der Waals surface area contributed by atoms with Gasteiger partial charge in [0.25, 0.3) is 5.91 Å². The summed E-state index contributed by atoms with van der Waals surface area (Å²) in [5, 5.41) is 2.64. The van der Waals surface area contributed by atoms with E-state index in [-0.39, 0.29) is 5.91 Å². The molecule has 0 heterocycles. The molecule has 1 amide bonds. The summed E-state index contributed by atoms with van der Waals surface area (Å²) in [5.41, 5.74) is 0.854. The number of aldehydes is 1. The Bertz CT molecular complexity index is 322. The van der Waals surface area contributed by atoms with Crippen molar-refractivity contribution in [3.63, 3.8) is 0 Å². The minimum atomic E-state index is -0.204. The molecule has 0 saturated heterocycles. The summed E-state index contributed by atoms with van der Waals surface area (Å²) in [6, 6.07) is 6.72. The molecule has 0 bridgehead atoms. The zero-order chi connectivity index (χ0) is 13.7. The maximum atomic E-state index is 11.4. The number of carbonyl (C=O) groups is 2. The molecule has 0 aliphatic heterocycles. The van der Waals surface area contributed by atoms with E-state index < -0.39 is 0 Å². The molecule has 1 aromatic carbocycles. The highest BCUT2D eigenvalue weighted by molar-refractivity contribution is 6.01. The summed E-state index contributed by atoms with van der Waals surface area (Å²) in [5.74, 6) is -0.204. The number of nitrogens with one attached hydrogen (secondary N) is 1. The maximum Gasteiger partial charge on any atom is 0.251 e. The number of carbonyl (C=O) groups excluding carboxylic acids is 2. The van der Waals surface area contributed by atoms with Gasteiger partial charge in [-0.2, -0.15) is 0 Å². The standard InChI is InChI=1S/C10H11NO2.2C2H6/c1-2-11-10(13)9-6-4-3-5-8(9)7-12;2*1-2/h3-7H,2H2,1H3,(H,11,13);2*1-2H3. The Kier molecular flexibility index (Phi) is 13.0. The number of hydrogen-bond acceptors (Lipinski definition) is 2. The van der Waals surface area contributed by atoms with Crippen LogP contribution in [0.4, 0.5) is 0 Å². The zero-order valence-electron chi connectivity index (χ0n) is 11.4. The van der Waals surface area contributed by atoms with Crippen LogP contribution in [0.5, 0.6) is 0 Å². The molecule has 0 saturated carbocycles. The maximum absolute atomic E-state index is 11.4. The van der Waals surface area contributed by atoms with Crippen LogP contribution in [0, 0.1) is 0 Å². The number of amides is 1. The molecule has 3 nitrogen and oxygen atoms in total. The largest absolute Gasteiger partial charge is 0.352 e. The van der Waals surface area contributed by atoms with Crippen molar-refractivity contribution in [1.82, 2.24) is 5.32 Å². The molecule has 17 heavy (non-hydrogen) atoms. The molecule has 3 heteroatoms. The summed E-state index contributed by atoms with van der Waals surface area (Å²) in [4.78, 5) is 21.9. The molecule has 0 aromatic heterocycles. The number of rotatable bonds is 3. The summed E-state index contributed by atoms with van der Waals surface area (Å²) in [6.45, 7) is 10.4. The minimum absolute atomic E-state index is 0.204. The molecule has 1 aromatic rings. The van der Waals surface area contributed by atoms with Gasteiger partial charge in [0.1, 0.15) is 0 Å². The van der Waals surface area contributed by atoms with E-state index in [1.54, 1.807) is 24.3 Å². The summed E-state index contributed by atoms with van der Waals surface area (Å²) >= 11 is 0. The molecular formula is C14H23NO2. The number of hydrogen-bond donors (Lipinski definition) is 1. The van der Waals surface area contributed by atoms with Crippen molar-refractivity contribution >= 4 is 12.2 Å². The first-order valence-electron chi connectivity index (χ1n) is 6.12. The van der Waals surface area contributed by atoms with Crippen LogP contribution in [0.15, 0.2) is 24.3 Å². The fourth-order valence-electron chi connectivity index (χ4n) is 1.06. The Morgan fingerprint density at radius 3 is 2.18 bits per heavy atom. The Morgan fingerprint density at radius 2 is 1.71 bits per heavy atom. The molecule has 0 fully saturated rings. The fraction of sp³-hybridized carbons (Fsp3) is 0.429. The second-order valence-corrected chi connectivity index (χ2v) is 2.56. The molecule has 0 unspecified atom stereocenters. The zero-order valence-corrected chi connectivity index (χ0v) is 11.4. The van der Waals surface area contributed by atoms with Gasteiger partial charge in [-0.1, -0.05) is 45.9 Å². The normalized spacial score (nSPS) is 7.82. The Hall–Kier alpha value is -1.64. The average molecular weight is 237 g/mol. The first kappa shape index (κ1) is 17.7. The van der Waals surface area contributed by atoms with E-state index in [9.17, 15) is 9.59 Å². The summed E-state index contributed by atoms with van der Waals surface area (Å²) in [7, 11) is 0. The van der Waals surface area contributed by atoms with Crippen molar-refractivity contribution in [3.8, 4) is 0 Å². The van der Waals surface area contributed by atoms with E-state index in [4.69, 9.17) is 0 Å². The minimum Gasteiger partial charge on any atom is -0.352 e. The van der Waals surface area contributed by atoms with Crippen LogP contribution in [0.2, 0.25) is 0 Å². The predicted octanol–water partition coefficient (Wildman–Crippen LogP) is 3.30. The van der Waals surface area contributed by atoms with E-state index in [2.05, 4.69) is 5.32 Å². The van der Waals surface area contributed by atoms with Crippen molar-refractivity contribution in [2.75, 3.05) is 6.54 Å². The topological polar surface area (TPSA) is 46.2 Å². The lowest BCUT2D eigenvalue weighted by atomic mass is 10.1. The molecule has 0 aliphatic carbocycles. The molecule has 1 N–H and O–H groups in total. The van der Waals surface area contributed by atoms with Gasteiger partial charge < -0.3 is 5.32 Å². The SMILES string of the molecule is CC.CC.CCNC(=O)c1ccccc1C=O. The van der Waals surface area contributed by atoms with Gasteiger partial charge in [-0.25, -0.2) is 0 Å². The van der Waals surface area contributed by atoms with Gasteiger partial charge in [0.2, 0.25) is 0 Å². The lowest BCUT2D eigenvalue weighted by molar-refractivity contribution is 0.0950. The highest BCUT2D eigenvalue weighted by Crippen LogP contribution is 2.05. The molecular weight excluding hydrogens is 214 g/mol.